The normalized spacial score (nSPS) is 11.5. The van der Waals surface area contributed by atoms with Crippen molar-refractivity contribution in [2.24, 2.45) is 7.05 Å². The molecule has 0 bridgehead atoms. The molecule has 0 unspecified atom stereocenters. The molecule has 3 heterocycles. The Bertz CT molecular complexity index is 921. The number of halogens is 1. The van der Waals surface area contributed by atoms with Crippen molar-refractivity contribution in [3.8, 4) is 11.4 Å². The van der Waals surface area contributed by atoms with Gasteiger partial charge in [0, 0.05) is 17.1 Å². The second kappa shape index (κ2) is 4.11. The van der Waals surface area contributed by atoms with Crippen LogP contribution in [0, 0.1) is 0 Å². The van der Waals surface area contributed by atoms with Crippen LogP contribution in [0.5, 0.6) is 0 Å². The van der Waals surface area contributed by atoms with Gasteiger partial charge in [-0.2, -0.15) is 5.10 Å². The number of nitrogens with zero attached hydrogens (tertiary/aromatic N) is 6. The monoisotopic (exact) mass is 328 g/mol. The molecule has 0 fully saturated rings. The second-order valence-electron chi connectivity index (χ2n) is 4.46. The first-order valence-electron chi connectivity index (χ1n) is 6.01. The molecule has 1 aromatic carbocycles. The summed E-state index contributed by atoms with van der Waals surface area (Å²) < 4.78 is 4.44. The molecule has 3 aromatic heterocycles. The van der Waals surface area contributed by atoms with Crippen LogP contribution in [0.4, 0.5) is 0 Å². The number of rotatable bonds is 1. The molecule has 4 rings (SSSR count). The van der Waals surface area contributed by atoms with Gasteiger partial charge in [0.25, 0.3) is 0 Å². The largest absolute Gasteiger partial charge is 0.250 e. The van der Waals surface area contributed by atoms with Crippen LogP contribution in [0.15, 0.2) is 41.3 Å². The highest BCUT2D eigenvalue weighted by Crippen LogP contribution is 2.22. The van der Waals surface area contributed by atoms with Crippen LogP contribution in [0.3, 0.4) is 0 Å². The van der Waals surface area contributed by atoms with Crippen molar-refractivity contribution in [3.63, 3.8) is 0 Å². The number of aromatic nitrogens is 6. The highest BCUT2D eigenvalue weighted by Gasteiger charge is 2.12. The van der Waals surface area contributed by atoms with Gasteiger partial charge in [0.2, 0.25) is 0 Å². The van der Waals surface area contributed by atoms with E-state index in [0.29, 0.717) is 5.82 Å². The zero-order chi connectivity index (χ0) is 13.7. The highest BCUT2D eigenvalue weighted by molar-refractivity contribution is 9.10. The third-order valence-electron chi connectivity index (χ3n) is 3.17. The zero-order valence-electron chi connectivity index (χ0n) is 10.5. The summed E-state index contributed by atoms with van der Waals surface area (Å²) in [5, 5.41) is 9.56. The molecular formula is C13H9BrN6. The predicted octanol–water partition coefficient (Wildman–Crippen LogP) is 2.44. The number of benzene rings is 1. The average Bonchev–Trinajstić information content (AvgIpc) is 3.03. The van der Waals surface area contributed by atoms with E-state index in [4.69, 9.17) is 0 Å². The van der Waals surface area contributed by atoms with Gasteiger partial charge in [-0.3, -0.25) is 4.68 Å². The van der Waals surface area contributed by atoms with Gasteiger partial charge in [0.05, 0.1) is 11.6 Å². The van der Waals surface area contributed by atoms with Crippen molar-refractivity contribution in [2.45, 2.75) is 0 Å². The smallest absolute Gasteiger partial charge is 0.182 e. The lowest BCUT2D eigenvalue weighted by Crippen LogP contribution is -1.94. The molecule has 0 radical (unpaired) electrons. The zero-order valence-corrected chi connectivity index (χ0v) is 12.1. The lowest BCUT2D eigenvalue weighted by Gasteiger charge is -1.93. The van der Waals surface area contributed by atoms with Crippen LogP contribution < -0.4 is 0 Å². The molecule has 0 aliphatic carbocycles. The Balaban J connectivity index is 1.98. The summed E-state index contributed by atoms with van der Waals surface area (Å²) in [4.78, 5) is 8.94. The van der Waals surface area contributed by atoms with E-state index in [-0.39, 0.29) is 0 Å². The van der Waals surface area contributed by atoms with Crippen LogP contribution >= 0.6 is 15.9 Å². The van der Waals surface area contributed by atoms with Gasteiger partial charge in [-0.15, -0.1) is 5.10 Å². The summed E-state index contributed by atoms with van der Waals surface area (Å²) in [6.45, 7) is 0. The first-order valence-corrected chi connectivity index (χ1v) is 6.81. The fraction of sp³-hybridized carbons (Fsp3) is 0.0769. The highest BCUT2D eigenvalue weighted by atomic mass is 79.9. The molecule has 20 heavy (non-hydrogen) atoms. The average molecular weight is 329 g/mol. The summed E-state index contributed by atoms with van der Waals surface area (Å²) in [6.07, 6.45) is 3.42. The topological polar surface area (TPSA) is 60.9 Å². The van der Waals surface area contributed by atoms with Crippen LogP contribution in [0.2, 0.25) is 0 Å². The molecular weight excluding hydrogens is 320 g/mol. The first-order chi connectivity index (χ1) is 9.72. The summed E-state index contributed by atoms with van der Waals surface area (Å²) in [6, 6.07) is 7.90. The summed E-state index contributed by atoms with van der Waals surface area (Å²) in [5.41, 5.74) is 2.53. The van der Waals surface area contributed by atoms with Crippen molar-refractivity contribution in [1.29, 1.82) is 0 Å². The summed E-state index contributed by atoms with van der Waals surface area (Å²) in [7, 11) is 1.86. The molecule has 0 amide bonds. The molecule has 7 heteroatoms. The molecule has 98 valence electrons. The lowest BCUT2D eigenvalue weighted by atomic mass is 10.2. The molecule has 6 nitrogen and oxygen atoms in total. The van der Waals surface area contributed by atoms with Gasteiger partial charge < -0.3 is 0 Å². The molecule has 0 aliphatic rings. The van der Waals surface area contributed by atoms with Crippen LogP contribution in [0.1, 0.15) is 0 Å². The maximum atomic E-state index is 4.60. The number of hydrogen-bond donors (Lipinski definition) is 0. The van der Waals surface area contributed by atoms with Crippen LogP contribution in [-0.2, 0) is 7.05 Å². The first kappa shape index (κ1) is 11.5. The minimum Gasteiger partial charge on any atom is -0.250 e. The predicted molar refractivity (Wildman–Crippen MR) is 78.2 cm³/mol. The fourth-order valence-corrected chi connectivity index (χ4v) is 2.42. The van der Waals surface area contributed by atoms with Crippen molar-refractivity contribution < 1.29 is 0 Å². The SMILES string of the molecule is Cn1ncc2c1ncn1nc(-c3ccc(Br)cc3)nc21. The van der Waals surface area contributed by atoms with Crippen LogP contribution in [0.25, 0.3) is 28.1 Å². The Morgan fingerprint density at radius 1 is 1.10 bits per heavy atom. The van der Waals surface area contributed by atoms with Gasteiger partial charge in [-0.05, 0) is 12.1 Å². The molecule has 0 saturated heterocycles. The molecule has 4 aromatic rings. The number of aryl methyl sites for hydroxylation is 1. The van der Waals surface area contributed by atoms with Crippen molar-refractivity contribution in [1.82, 2.24) is 29.4 Å². The third kappa shape index (κ3) is 1.63. The molecule has 0 aliphatic heterocycles. The molecule has 0 saturated carbocycles. The molecule has 0 atom stereocenters. The van der Waals surface area contributed by atoms with E-state index in [9.17, 15) is 0 Å². The van der Waals surface area contributed by atoms with Gasteiger partial charge in [0.15, 0.2) is 17.1 Å². The minimum absolute atomic E-state index is 0.677. The maximum Gasteiger partial charge on any atom is 0.182 e. The van der Waals surface area contributed by atoms with Gasteiger partial charge in [0.1, 0.15) is 6.33 Å². The van der Waals surface area contributed by atoms with Crippen molar-refractivity contribution in [2.75, 3.05) is 0 Å². The Morgan fingerprint density at radius 3 is 2.70 bits per heavy atom. The Kier molecular flexibility index (Phi) is 2.37. The third-order valence-corrected chi connectivity index (χ3v) is 3.70. The number of fused-ring (bicyclic) bond motifs is 3. The minimum atomic E-state index is 0.677. The Hall–Kier alpha value is -2.28. The Labute approximate surface area is 122 Å². The van der Waals surface area contributed by atoms with Gasteiger partial charge in [-0.1, -0.05) is 28.1 Å². The summed E-state index contributed by atoms with van der Waals surface area (Å²) >= 11 is 3.42. The molecule has 0 spiro atoms. The Morgan fingerprint density at radius 2 is 1.90 bits per heavy atom. The van der Waals surface area contributed by atoms with E-state index in [2.05, 4.69) is 36.1 Å². The van der Waals surface area contributed by atoms with E-state index in [1.165, 1.54) is 0 Å². The quantitative estimate of drug-likeness (QED) is 0.538. The molecule has 0 N–H and O–H groups in total. The van der Waals surface area contributed by atoms with Crippen LogP contribution in [-0.4, -0.2) is 29.4 Å². The maximum absolute atomic E-state index is 4.60. The number of hydrogen-bond acceptors (Lipinski definition) is 4. The van der Waals surface area contributed by atoms with E-state index in [0.717, 1.165) is 26.7 Å². The van der Waals surface area contributed by atoms with Gasteiger partial charge in [-0.25, -0.2) is 14.5 Å². The van der Waals surface area contributed by atoms with E-state index in [1.54, 1.807) is 21.7 Å². The van der Waals surface area contributed by atoms with E-state index >= 15 is 0 Å². The van der Waals surface area contributed by atoms with Gasteiger partial charge >= 0.3 is 0 Å². The van der Waals surface area contributed by atoms with Crippen molar-refractivity contribution >= 4 is 32.6 Å². The standard InChI is InChI=1S/C13H9BrN6/c1-19-12-10(6-16-19)13-17-11(18-20(13)7-15-12)8-2-4-9(14)5-3-8/h2-7H,1H3. The fourth-order valence-electron chi connectivity index (χ4n) is 2.16. The van der Waals surface area contributed by atoms with Crippen molar-refractivity contribution in [3.05, 3.63) is 41.3 Å². The van der Waals surface area contributed by atoms with E-state index in [1.807, 2.05) is 31.3 Å². The second-order valence-corrected chi connectivity index (χ2v) is 5.38. The van der Waals surface area contributed by atoms with E-state index < -0.39 is 0 Å². The summed E-state index contributed by atoms with van der Waals surface area (Å²) in [5.74, 6) is 0.677. The lowest BCUT2D eigenvalue weighted by molar-refractivity contribution is 0.783.